The maximum atomic E-state index is 12.7. The Kier molecular flexibility index (Phi) is 5.68. The number of nitrogens with zero attached hydrogens (tertiary/aromatic N) is 2. The minimum Gasteiger partial charge on any atom is -0.466 e. The summed E-state index contributed by atoms with van der Waals surface area (Å²) in [5, 5.41) is 12.9. The highest BCUT2D eigenvalue weighted by atomic mass is 35.5. The van der Waals surface area contributed by atoms with E-state index < -0.39 is 5.97 Å². The summed E-state index contributed by atoms with van der Waals surface area (Å²) < 4.78 is 4.82. The van der Waals surface area contributed by atoms with Gasteiger partial charge in [0.15, 0.2) is 0 Å². The van der Waals surface area contributed by atoms with Crippen molar-refractivity contribution in [1.29, 1.82) is 0 Å². The molecule has 0 aliphatic carbocycles. The van der Waals surface area contributed by atoms with Crippen LogP contribution < -0.4 is 10.2 Å². The minimum atomic E-state index is -0.564. The summed E-state index contributed by atoms with van der Waals surface area (Å²) in [5.74, 6) is -0.905. The molecule has 0 atom stereocenters. The van der Waals surface area contributed by atoms with Gasteiger partial charge in [-0.2, -0.15) is 0 Å². The maximum absolute atomic E-state index is 12.7. The number of benzene rings is 1. The number of aliphatic hydroxyl groups excluding tert-OH is 1. The molecule has 0 bridgehead atoms. The van der Waals surface area contributed by atoms with Gasteiger partial charge in [0.25, 0.3) is 5.91 Å². The molecule has 26 heavy (non-hydrogen) atoms. The van der Waals surface area contributed by atoms with Crippen LogP contribution in [0.15, 0.2) is 29.5 Å². The third-order valence-electron chi connectivity index (χ3n) is 4.62. The predicted octanol–water partition coefficient (Wildman–Crippen LogP) is 1.61. The second-order valence-corrected chi connectivity index (χ2v) is 6.66. The highest BCUT2D eigenvalue weighted by Gasteiger charge is 2.35. The van der Waals surface area contributed by atoms with Crippen LogP contribution >= 0.6 is 11.6 Å². The van der Waals surface area contributed by atoms with E-state index in [1.54, 1.807) is 6.07 Å². The average molecular weight is 380 g/mol. The molecule has 1 amide bonds. The Morgan fingerprint density at radius 3 is 2.73 bits per heavy atom. The van der Waals surface area contributed by atoms with Gasteiger partial charge in [0.1, 0.15) is 5.70 Å². The zero-order chi connectivity index (χ0) is 18.7. The second-order valence-electron chi connectivity index (χ2n) is 6.25. The molecule has 0 radical (unpaired) electrons. The van der Waals surface area contributed by atoms with E-state index in [0.717, 1.165) is 31.6 Å². The maximum Gasteiger partial charge on any atom is 0.337 e. The molecule has 0 unspecified atom stereocenters. The van der Waals surface area contributed by atoms with E-state index in [1.807, 2.05) is 12.1 Å². The van der Waals surface area contributed by atoms with Gasteiger partial charge in [0.2, 0.25) is 0 Å². The molecule has 3 rings (SSSR count). The topological polar surface area (TPSA) is 82.1 Å². The van der Waals surface area contributed by atoms with E-state index >= 15 is 0 Å². The molecular formula is C18H22ClN3O4. The van der Waals surface area contributed by atoms with Crippen LogP contribution in [0.1, 0.15) is 12.8 Å². The summed E-state index contributed by atoms with van der Waals surface area (Å²) in [5.41, 5.74) is 1.93. The molecule has 1 aromatic carbocycles. The van der Waals surface area contributed by atoms with Crippen molar-refractivity contribution < 1.29 is 19.4 Å². The molecule has 0 aromatic heterocycles. The predicted molar refractivity (Wildman–Crippen MR) is 99.2 cm³/mol. The molecular weight excluding hydrogens is 358 g/mol. The number of amides is 1. The number of anilines is 2. The molecule has 2 heterocycles. The third kappa shape index (κ3) is 3.50. The number of carbonyl (C=O) groups excluding carboxylic acids is 2. The standard InChI is InChI=1S/C18H22ClN3O4/c1-26-18(25)12-11-22(9-10-23)17(24)15(12)20-14-6-4-5-13(19)16(14)21-7-2-3-8-21/h4-6,20,23H,2-3,7-11H2,1H3. The summed E-state index contributed by atoms with van der Waals surface area (Å²) >= 11 is 6.42. The quantitative estimate of drug-likeness (QED) is 0.731. The number of β-amino-alcohol motifs (C(OH)–C–C–N with tert-alkyl or cyclic N) is 1. The van der Waals surface area contributed by atoms with Crippen LogP contribution in [0.2, 0.25) is 5.02 Å². The highest BCUT2D eigenvalue weighted by Crippen LogP contribution is 2.37. The Morgan fingerprint density at radius 1 is 1.35 bits per heavy atom. The van der Waals surface area contributed by atoms with Gasteiger partial charge in [-0.25, -0.2) is 4.79 Å². The van der Waals surface area contributed by atoms with Gasteiger partial charge in [-0.1, -0.05) is 17.7 Å². The van der Waals surface area contributed by atoms with E-state index in [-0.39, 0.29) is 36.9 Å². The van der Waals surface area contributed by atoms with Crippen molar-refractivity contribution in [2.45, 2.75) is 12.8 Å². The van der Waals surface area contributed by atoms with Gasteiger partial charge in [-0.3, -0.25) is 4.79 Å². The molecule has 7 nitrogen and oxygen atoms in total. The molecule has 0 spiro atoms. The molecule has 2 aliphatic rings. The van der Waals surface area contributed by atoms with Crippen LogP contribution in [0.4, 0.5) is 11.4 Å². The lowest BCUT2D eigenvalue weighted by Gasteiger charge is -2.24. The molecule has 140 valence electrons. The van der Waals surface area contributed by atoms with Crippen molar-refractivity contribution in [3.8, 4) is 0 Å². The number of nitrogens with one attached hydrogen (secondary N) is 1. The van der Waals surface area contributed by atoms with Crippen LogP contribution in [0, 0.1) is 0 Å². The van der Waals surface area contributed by atoms with E-state index in [0.29, 0.717) is 10.7 Å². The SMILES string of the molecule is COC(=O)C1=C(Nc2cccc(Cl)c2N2CCCC2)C(=O)N(CCO)C1. The van der Waals surface area contributed by atoms with Gasteiger partial charge >= 0.3 is 5.97 Å². The van der Waals surface area contributed by atoms with Crippen LogP contribution in [-0.4, -0.2) is 61.8 Å². The Morgan fingerprint density at radius 2 is 2.08 bits per heavy atom. The largest absolute Gasteiger partial charge is 0.466 e. The smallest absolute Gasteiger partial charge is 0.337 e. The first-order valence-corrected chi connectivity index (χ1v) is 8.96. The fourth-order valence-electron chi connectivity index (χ4n) is 3.36. The summed E-state index contributed by atoms with van der Waals surface area (Å²) in [6, 6.07) is 5.45. The number of para-hydroxylation sites is 1. The fraction of sp³-hybridized carbons (Fsp3) is 0.444. The number of halogens is 1. The molecule has 2 N–H and O–H groups in total. The zero-order valence-corrected chi connectivity index (χ0v) is 15.4. The van der Waals surface area contributed by atoms with Gasteiger partial charge in [0, 0.05) is 19.6 Å². The summed E-state index contributed by atoms with van der Waals surface area (Å²) in [6.45, 7) is 1.87. The van der Waals surface area contributed by atoms with Crippen molar-refractivity contribution in [2.75, 3.05) is 50.1 Å². The van der Waals surface area contributed by atoms with Crippen molar-refractivity contribution in [3.05, 3.63) is 34.5 Å². The number of aliphatic hydroxyl groups is 1. The van der Waals surface area contributed by atoms with Crippen LogP contribution in [0.3, 0.4) is 0 Å². The van der Waals surface area contributed by atoms with E-state index in [2.05, 4.69) is 10.2 Å². The first-order valence-electron chi connectivity index (χ1n) is 8.59. The monoisotopic (exact) mass is 379 g/mol. The van der Waals surface area contributed by atoms with Crippen molar-refractivity contribution >= 4 is 34.9 Å². The van der Waals surface area contributed by atoms with Crippen molar-refractivity contribution in [1.82, 2.24) is 4.90 Å². The van der Waals surface area contributed by atoms with Crippen molar-refractivity contribution in [2.24, 2.45) is 0 Å². The molecule has 1 aromatic rings. The first kappa shape index (κ1) is 18.5. The third-order valence-corrected chi connectivity index (χ3v) is 4.93. The molecule has 1 saturated heterocycles. The number of hydrogen-bond donors (Lipinski definition) is 2. The zero-order valence-electron chi connectivity index (χ0n) is 14.6. The molecule has 0 saturated carbocycles. The second kappa shape index (κ2) is 7.97. The van der Waals surface area contributed by atoms with Crippen molar-refractivity contribution in [3.63, 3.8) is 0 Å². The number of ether oxygens (including phenoxy) is 1. The van der Waals surface area contributed by atoms with Crippen LogP contribution in [0.5, 0.6) is 0 Å². The Labute approximate surface area is 157 Å². The molecule has 2 aliphatic heterocycles. The lowest BCUT2D eigenvalue weighted by Crippen LogP contribution is -2.31. The van der Waals surface area contributed by atoms with E-state index in [4.69, 9.17) is 21.4 Å². The lowest BCUT2D eigenvalue weighted by molar-refractivity contribution is -0.136. The summed E-state index contributed by atoms with van der Waals surface area (Å²) in [7, 11) is 1.28. The Hall–Kier alpha value is -2.25. The van der Waals surface area contributed by atoms with Gasteiger partial charge in [0.05, 0.1) is 42.2 Å². The summed E-state index contributed by atoms with van der Waals surface area (Å²) in [4.78, 5) is 28.4. The number of methoxy groups -OCH3 is 1. The van der Waals surface area contributed by atoms with E-state index in [9.17, 15) is 9.59 Å². The van der Waals surface area contributed by atoms with Gasteiger partial charge in [-0.15, -0.1) is 0 Å². The van der Waals surface area contributed by atoms with Crippen LogP contribution in [0.25, 0.3) is 0 Å². The normalized spacial score (nSPS) is 17.3. The number of hydrogen-bond acceptors (Lipinski definition) is 6. The van der Waals surface area contributed by atoms with Gasteiger partial charge < -0.3 is 25.0 Å². The number of rotatable bonds is 6. The highest BCUT2D eigenvalue weighted by molar-refractivity contribution is 6.34. The summed E-state index contributed by atoms with van der Waals surface area (Å²) in [6.07, 6.45) is 2.17. The minimum absolute atomic E-state index is 0.105. The average Bonchev–Trinajstić information content (AvgIpc) is 3.25. The van der Waals surface area contributed by atoms with Crippen LogP contribution in [-0.2, 0) is 14.3 Å². The molecule has 1 fully saturated rings. The lowest BCUT2D eigenvalue weighted by atomic mass is 10.2. The Balaban J connectivity index is 1.96. The van der Waals surface area contributed by atoms with Gasteiger partial charge in [-0.05, 0) is 25.0 Å². The molecule has 8 heteroatoms. The fourth-order valence-corrected chi connectivity index (χ4v) is 3.66. The Bertz CT molecular complexity index is 744. The number of esters is 1. The number of carbonyl (C=O) groups is 2. The van der Waals surface area contributed by atoms with E-state index in [1.165, 1.54) is 12.0 Å². The first-order chi connectivity index (χ1) is 12.6.